The first-order chi connectivity index (χ1) is 5.86. The molecule has 1 heterocycles. The molecule has 1 radical (unpaired) electrons. The van der Waals surface area contributed by atoms with Crippen molar-refractivity contribution in [1.82, 2.24) is 10.2 Å². The molecule has 0 saturated carbocycles. The van der Waals surface area contributed by atoms with E-state index < -0.39 is 0 Å². The van der Waals surface area contributed by atoms with E-state index >= 15 is 0 Å². The number of piperidine rings is 1. The van der Waals surface area contributed by atoms with Crippen LogP contribution in [0.3, 0.4) is 0 Å². The predicted octanol–water partition coefficient (Wildman–Crippen LogP) is -0.934. The number of carbonyl (C=O) groups excluding carboxylic acids is 1. The number of nitrogens with zero attached hydrogens (tertiary/aromatic N) is 1. The third-order valence-electron chi connectivity index (χ3n) is 2.20. The van der Waals surface area contributed by atoms with Gasteiger partial charge in [0, 0.05) is 32.2 Å². The number of nitrogens with one attached hydrogen (secondary N) is 1. The lowest BCUT2D eigenvalue weighted by Gasteiger charge is -2.29. The Morgan fingerprint density at radius 3 is 2.67 bits per heavy atom. The fourth-order valence-electron chi connectivity index (χ4n) is 1.46. The summed E-state index contributed by atoms with van der Waals surface area (Å²) in [6.07, 6.45) is 3.96. The van der Waals surface area contributed by atoms with Gasteiger partial charge in [0.1, 0.15) is 0 Å². The summed E-state index contributed by atoms with van der Waals surface area (Å²) in [4.78, 5) is 11.9. The first-order valence-corrected chi connectivity index (χ1v) is 4.43. The summed E-state index contributed by atoms with van der Waals surface area (Å²) in [5, 5.41) is 3.33. The molecular weight excluding hydrogens is 154 g/mol. The minimum Gasteiger partial charge on any atom is -0.334 e. The van der Waals surface area contributed by atoms with Gasteiger partial charge in [-0.1, -0.05) is 0 Å². The molecule has 4 nitrogen and oxygen atoms in total. The van der Waals surface area contributed by atoms with Crippen LogP contribution in [0, 0.1) is 0 Å². The summed E-state index contributed by atoms with van der Waals surface area (Å²) in [6, 6.07) is 0.540. The molecule has 12 heavy (non-hydrogen) atoms. The number of hydrogen-bond donors (Lipinski definition) is 2. The number of nitrogens with two attached hydrogens (primary N) is 1. The maximum Gasteiger partial charge on any atom is 0.312 e. The average Bonchev–Trinajstić information content (AvgIpc) is 2.15. The summed E-state index contributed by atoms with van der Waals surface area (Å²) >= 11 is 0. The molecule has 1 aliphatic heterocycles. The number of hydrogen-bond acceptors (Lipinski definition) is 3. The average molecular weight is 170 g/mol. The van der Waals surface area contributed by atoms with Crippen molar-refractivity contribution in [2.75, 3.05) is 26.2 Å². The number of amides is 1. The first kappa shape index (κ1) is 9.48. The van der Waals surface area contributed by atoms with Crippen molar-refractivity contribution in [2.45, 2.75) is 18.9 Å². The van der Waals surface area contributed by atoms with Crippen LogP contribution in [0.5, 0.6) is 0 Å². The molecule has 1 aliphatic rings. The topological polar surface area (TPSA) is 58.4 Å². The van der Waals surface area contributed by atoms with Crippen LogP contribution < -0.4 is 11.1 Å². The number of likely N-dealkylation sites (tertiary alicyclic amines) is 1. The van der Waals surface area contributed by atoms with Gasteiger partial charge in [0.2, 0.25) is 0 Å². The molecule has 0 spiro atoms. The van der Waals surface area contributed by atoms with E-state index in [0.717, 1.165) is 32.5 Å². The fraction of sp³-hybridized carbons (Fsp3) is 0.875. The molecule has 0 atom stereocenters. The highest BCUT2D eigenvalue weighted by Gasteiger charge is 2.16. The highest BCUT2D eigenvalue weighted by Crippen LogP contribution is 2.07. The summed E-state index contributed by atoms with van der Waals surface area (Å²) in [7, 11) is 0. The van der Waals surface area contributed by atoms with Gasteiger partial charge in [0.15, 0.2) is 0 Å². The van der Waals surface area contributed by atoms with Crippen molar-refractivity contribution >= 4 is 6.41 Å². The molecule has 4 heteroatoms. The lowest BCUT2D eigenvalue weighted by molar-refractivity contribution is 0.273. The van der Waals surface area contributed by atoms with Crippen LogP contribution in [0.1, 0.15) is 12.8 Å². The smallest absolute Gasteiger partial charge is 0.312 e. The van der Waals surface area contributed by atoms with E-state index in [9.17, 15) is 4.79 Å². The molecule has 0 aromatic rings. The molecule has 1 rings (SSSR count). The third kappa shape index (κ3) is 2.79. The molecule has 3 N–H and O–H groups in total. The van der Waals surface area contributed by atoms with Gasteiger partial charge in [0.05, 0.1) is 0 Å². The van der Waals surface area contributed by atoms with Gasteiger partial charge in [-0.05, 0) is 12.8 Å². The van der Waals surface area contributed by atoms with Crippen molar-refractivity contribution in [1.29, 1.82) is 0 Å². The lowest BCUT2D eigenvalue weighted by atomic mass is 10.1. The zero-order chi connectivity index (χ0) is 8.81. The molecule has 1 fully saturated rings. The Morgan fingerprint density at radius 1 is 1.50 bits per heavy atom. The second-order valence-corrected chi connectivity index (χ2v) is 3.10. The largest absolute Gasteiger partial charge is 0.334 e. The Morgan fingerprint density at radius 2 is 2.17 bits per heavy atom. The van der Waals surface area contributed by atoms with Gasteiger partial charge in [-0.3, -0.25) is 4.79 Å². The van der Waals surface area contributed by atoms with E-state index in [0.29, 0.717) is 12.6 Å². The molecule has 1 amide bonds. The predicted molar refractivity (Wildman–Crippen MR) is 47.3 cm³/mol. The normalized spacial score (nSPS) is 19.6. The fourth-order valence-corrected chi connectivity index (χ4v) is 1.46. The molecule has 69 valence electrons. The van der Waals surface area contributed by atoms with Crippen LogP contribution in [0.25, 0.3) is 0 Å². The summed E-state index contributed by atoms with van der Waals surface area (Å²) in [5.41, 5.74) is 5.36. The second kappa shape index (κ2) is 5.11. The van der Waals surface area contributed by atoms with E-state index in [1.54, 1.807) is 4.90 Å². The standard InChI is InChI=1S/C8H16N3O/c9-3-4-10-8-1-5-11(7-12)6-2-8/h8,10H,1-6,9H2. The maximum atomic E-state index is 10.2. The van der Waals surface area contributed by atoms with Gasteiger partial charge < -0.3 is 16.0 Å². The van der Waals surface area contributed by atoms with Crippen LogP contribution in [-0.4, -0.2) is 43.5 Å². The van der Waals surface area contributed by atoms with E-state index in [2.05, 4.69) is 5.32 Å². The molecule has 1 saturated heterocycles. The maximum absolute atomic E-state index is 10.2. The van der Waals surface area contributed by atoms with Crippen LogP contribution >= 0.6 is 0 Å². The van der Waals surface area contributed by atoms with E-state index in [-0.39, 0.29) is 0 Å². The van der Waals surface area contributed by atoms with Gasteiger partial charge in [0.25, 0.3) is 0 Å². The molecule has 0 bridgehead atoms. The molecule has 0 aliphatic carbocycles. The zero-order valence-electron chi connectivity index (χ0n) is 7.25. The van der Waals surface area contributed by atoms with Crippen molar-refractivity contribution in [2.24, 2.45) is 5.73 Å². The van der Waals surface area contributed by atoms with Gasteiger partial charge in [-0.25, -0.2) is 0 Å². The van der Waals surface area contributed by atoms with Crippen LogP contribution in [0.2, 0.25) is 0 Å². The van der Waals surface area contributed by atoms with Crippen LogP contribution in [0.15, 0.2) is 0 Å². The minimum absolute atomic E-state index is 0.540. The third-order valence-corrected chi connectivity index (χ3v) is 2.20. The summed E-state index contributed by atoms with van der Waals surface area (Å²) < 4.78 is 0. The van der Waals surface area contributed by atoms with Gasteiger partial charge >= 0.3 is 6.41 Å². The quantitative estimate of drug-likeness (QED) is 0.573. The minimum atomic E-state index is 0.540. The van der Waals surface area contributed by atoms with Crippen molar-refractivity contribution in [3.63, 3.8) is 0 Å². The van der Waals surface area contributed by atoms with E-state index in [4.69, 9.17) is 5.73 Å². The molecular formula is C8H16N3O. The monoisotopic (exact) mass is 170 g/mol. The Hall–Kier alpha value is -0.610. The van der Waals surface area contributed by atoms with Gasteiger partial charge in [-0.15, -0.1) is 0 Å². The summed E-state index contributed by atoms with van der Waals surface area (Å²) in [6.45, 7) is 3.20. The Labute approximate surface area is 73.1 Å². The van der Waals surface area contributed by atoms with Gasteiger partial charge in [-0.2, -0.15) is 0 Å². The molecule has 0 unspecified atom stereocenters. The van der Waals surface area contributed by atoms with E-state index in [1.165, 1.54) is 0 Å². The number of rotatable bonds is 4. The lowest BCUT2D eigenvalue weighted by Crippen LogP contribution is -2.43. The summed E-state index contributed by atoms with van der Waals surface area (Å²) in [5.74, 6) is 0. The Balaban J connectivity index is 2.12. The first-order valence-electron chi connectivity index (χ1n) is 4.43. The molecule has 0 aromatic heterocycles. The van der Waals surface area contributed by atoms with Crippen molar-refractivity contribution < 1.29 is 4.79 Å². The highest BCUT2D eigenvalue weighted by molar-refractivity contribution is 5.48. The zero-order valence-corrected chi connectivity index (χ0v) is 7.25. The van der Waals surface area contributed by atoms with Crippen molar-refractivity contribution in [3.05, 3.63) is 0 Å². The highest BCUT2D eigenvalue weighted by atomic mass is 16.1. The van der Waals surface area contributed by atoms with E-state index in [1.807, 2.05) is 6.41 Å². The van der Waals surface area contributed by atoms with Crippen LogP contribution in [0.4, 0.5) is 0 Å². The van der Waals surface area contributed by atoms with Crippen LogP contribution in [-0.2, 0) is 4.79 Å². The van der Waals surface area contributed by atoms with Crippen molar-refractivity contribution in [3.8, 4) is 0 Å². The Kier molecular flexibility index (Phi) is 4.04. The Bertz CT molecular complexity index is 132. The second-order valence-electron chi connectivity index (χ2n) is 3.10. The molecule has 0 aromatic carbocycles. The SMILES string of the molecule is NCCNC1CCN([C]=O)CC1.